The van der Waals surface area contributed by atoms with Crippen molar-refractivity contribution in [2.24, 2.45) is 0 Å². The normalized spacial score (nSPS) is 22.2. The minimum Gasteiger partial charge on any atom is -0.397 e. The van der Waals surface area contributed by atoms with E-state index < -0.39 is 25.5 Å². The van der Waals surface area contributed by atoms with Crippen LogP contribution in [0.2, 0.25) is 0 Å². The highest BCUT2D eigenvalue weighted by molar-refractivity contribution is 5.94. The van der Waals surface area contributed by atoms with Crippen molar-refractivity contribution in [3.8, 4) is 22.3 Å². The zero-order valence-electron chi connectivity index (χ0n) is 31.1. The lowest BCUT2D eigenvalue weighted by atomic mass is 9.78. The zero-order chi connectivity index (χ0) is 34.3. The monoisotopic (exact) mass is 510 g/mol. The third-order valence-electron chi connectivity index (χ3n) is 7.05. The van der Waals surface area contributed by atoms with Gasteiger partial charge in [0.05, 0.1) is 17.1 Å². The van der Waals surface area contributed by atoms with Gasteiger partial charge in [0, 0.05) is 22.1 Å². The summed E-state index contributed by atoms with van der Waals surface area (Å²) in [5, 5.41) is 3.54. The molecule has 1 aliphatic rings. The number of nitrogen functional groups attached to an aromatic ring is 1. The van der Waals surface area contributed by atoms with Crippen molar-refractivity contribution in [1.82, 2.24) is 0 Å². The van der Waals surface area contributed by atoms with E-state index in [1.165, 1.54) is 23.3 Å². The number of nitrogens with two attached hydrogens (primary N) is 1. The number of fused-ring (bicyclic) bond motifs is 1. The summed E-state index contributed by atoms with van der Waals surface area (Å²) in [7, 11) is 0. The Morgan fingerprint density at radius 3 is 1.89 bits per heavy atom. The topological polar surface area (TPSA) is 38.0 Å². The quantitative estimate of drug-likeness (QED) is 0.268. The number of hydrogen-bond donors (Lipinski definition) is 2. The van der Waals surface area contributed by atoms with Gasteiger partial charge in [0.2, 0.25) is 0 Å². The molecule has 0 unspecified atom stereocenters. The Labute approximate surface area is 240 Å². The number of nitrogens with one attached hydrogen (secondary N) is 1. The van der Waals surface area contributed by atoms with Crippen LogP contribution < -0.4 is 11.1 Å². The number of para-hydroxylation sites is 3. The first-order chi connectivity index (χ1) is 21.0. The summed E-state index contributed by atoms with van der Waals surface area (Å²) in [5.74, 6) is 0. The molecule has 0 spiro atoms. The molecule has 0 fully saturated rings. The molecule has 0 atom stereocenters. The van der Waals surface area contributed by atoms with E-state index in [0.29, 0.717) is 28.2 Å². The maximum atomic E-state index is 8.76. The predicted molar refractivity (Wildman–Crippen MR) is 165 cm³/mol. The van der Waals surface area contributed by atoms with Crippen molar-refractivity contribution >= 4 is 17.1 Å². The third-order valence-corrected chi connectivity index (χ3v) is 7.05. The van der Waals surface area contributed by atoms with Crippen LogP contribution in [-0.4, -0.2) is 0 Å². The smallest absolute Gasteiger partial charge is 0.0618 e. The molecule has 5 rings (SSSR count). The Kier molecular flexibility index (Phi) is 4.70. The van der Waals surface area contributed by atoms with Crippen LogP contribution in [0.5, 0.6) is 0 Å². The molecule has 2 heteroatoms. The van der Waals surface area contributed by atoms with Crippen LogP contribution in [0, 0.1) is 0 Å². The summed E-state index contributed by atoms with van der Waals surface area (Å²) in [6, 6.07) is 24.3. The van der Waals surface area contributed by atoms with Gasteiger partial charge in [0.15, 0.2) is 0 Å². The Hall–Kier alpha value is -3.52. The Balaban J connectivity index is 1.82. The predicted octanol–water partition coefficient (Wildman–Crippen LogP) is 9.82. The van der Waals surface area contributed by atoms with Gasteiger partial charge in [0.25, 0.3) is 0 Å². The van der Waals surface area contributed by atoms with Gasteiger partial charge in [-0.3, -0.25) is 0 Å². The van der Waals surface area contributed by atoms with Gasteiger partial charge >= 0.3 is 0 Å². The van der Waals surface area contributed by atoms with Gasteiger partial charge in [-0.1, -0.05) is 108 Å². The van der Waals surface area contributed by atoms with Crippen LogP contribution in [0.4, 0.5) is 17.1 Å². The molecule has 0 bridgehead atoms. The number of rotatable bonds is 4. The van der Waals surface area contributed by atoms with Gasteiger partial charge in [0.1, 0.15) is 0 Å². The second-order valence-electron chi connectivity index (χ2n) is 12.0. The number of benzene rings is 4. The van der Waals surface area contributed by atoms with E-state index in [2.05, 4.69) is 65.1 Å². The molecule has 0 saturated heterocycles. The van der Waals surface area contributed by atoms with E-state index in [-0.39, 0.29) is 22.0 Å². The maximum absolute atomic E-state index is 8.76. The lowest BCUT2D eigenvalue weighted by molar-refractivity contribution is 0.569. The summed E-state index contributed by atoms with van der Waals surface area (Å²) in [4.78, 5) is 0. The average Bonchev–Trinajstić information content (AvgIpc) is 2.96. The minimum absolute atomic E-state index is 0.127. The molecule has 0 aromatic heterocycles. The lowest BCUT2D eigenvalue weighted by Crippen LogP contribution is -2.16. The third kappa shape index (κ3) is 5.36. The van der Waals surface area contributed by atoms with E-state index in [1.54, 1.807) is 12.1 Å². The number of anilines is 3. The molecule has 196 valence electrons. The van der Waals surface area contributed by atoms with Crippen LogP contribution in [0.25, 0.3) is 22.3 Å². The molecule has 38 heavy (non-hydrogen) atoms. The molecule has 0 saturated carbocycles. The first-order valence-electron chi connectivity index (χ1n) is 17.1. The van der Waals surface area contributed by atoms with E-state index >= 15 is 0 Å². The van der Waals surface area contributed by atoms with E-state index in [0.717, 1.165) is 11.1 Å². The van der Waals surface area contributed by atoms with E-state index in [1.807, 2.05) is 36.4 Å². The number of hydrogen-bond acceptors (Lipinski definition) is 2. The Bertz CT molecular complexity index is 1780. The van der Waals surface area contributed by atoms with Crippen molar-refractivity contribution in [3.05, 3.63) is 101 Å². The van der Waals surface area contributed by atoms with Crippen molar-refractivity contribution in [2.75, 3.05) is 11.1 Å². The highest BCUT2D eigenvalue weighted by Crippen LogP contribution is 2.43. The van der Waals surface area contributed by atoms with Gasteiger partial charge in [-0.15, -0.1) is 0 Å². The second-order valence-corrected chi connectivity index (χ2v) is 12.0. The molecule has 0 amide bonds. The van der Waals surface area contributed by atoms with Crippen molar-refractivity contribution in [2.45, 2.75) is 77.9 Å². The van der Waals surface area contributed by atoms with Crippen LogP contribution >= 0.6 is 0 Å². The second kappa shape index (κ2) is 9.98. The summed E-state index contributed by atoms with van der Waals surface area (Å²) < 4.78 is 68.2. The van der Waals surface area contributed by atoms with Crippen LogP contribution in [-0.2, 0) is 23.6 Å². The molecule has 3 N–H and O–H groups in total. The fourth-order valence-electron chi connectivity index (χ4n) is 4.68. The fourth-order valence-corrected chi connectivity index (χ4v) is 4.68. The highest BCUT2D eigenvalue weighted by Gasteiger charge is 2.23. The van der Waals surface area contributed by atoms with E-state index in [4.69, 9.17) is 16.7 Å². The van der Waals surface area contributed by atoms with Crippen molar-refractivity contribution in [1.29, 1.82) is 0 Å². The van der Waals surface area contributed by atoms with Gasteiger partial charge < -0.3 is 11.1 Å². The van der Waals surface area contributed by atoms with Crippen LogP contribution in [0.1, 0.15) is 87.5 Å². The Morgan fingerprint density at radius 2 is 1.26 bits per heavy atom. The molecular formula is C36H42N2. The summed E-state index contributed by atoms with van der Waals surface area (Å²) in [5.41, 5.74) is 13.0. The SMILES string of the molecule is [2H]C1([2H])c2ccc(-c3cccc(-c4cc(C(C)(C)C)cc(C(C)(C)C)c4)c3Nc3ccccc3N)cc2C([2H])([2H])C([2H])([2H])C1([2H])[2H]. The largest absolute Gasteiger partial charge is 0.397 e. The van der Waals surface area contributed by atoms with Gasteiger partial charge in [-0.2, -0.15) is 0 Å². The van der Waals surface area contributed by atoms with Crippen LogP contribution in [0.3, 0.4) is 0 Å². The Morgan fingerprint density at radius 1 is 0.658 bits per heavy atom. The summed E-state index contributed by atoms with van der Waals surface area (Å²) >= 11 is 0. The van der Waals surface area contributed by atoms with Gasteiger partial charge in [-0.05, 0) is 81.8 Å². The molecule has 0 heterocycles. The molecule has 0 radical (unpaired) electrons. The zero-order valence-corrected chi connectivity index (χ0v) is 23.1. The number of aryl methyl sites for hydroxylation is 2. The van der Waals surface area contributed by atoms with Crippen molar-refractivity contribution < 1.29 is 11.0 Å². The highest BCUT2D eigenvalue weighted by atomic mass is 14.9. The molecule has 4 aromatic rings. The lowest BCUT2D eigenvalue weighted by Gasteiger charge is -2.27. The first-order valence-corrected chi connectivity index (χ1v) is 13.1. The molecule has 0 aliphatic heterocycles. The molecular weight excluding hydrogens is 460 g/mol. The summed E-state index contributed by atoms with van der Waals surface area (Å²) in [6.07, 6.45) is -11.8. The van der Waals surface area contributed by atoms with E-state index in [9.17, 15) is 0 Å². The van der Waals surface area contributed by atoms with Gasteiger partial charge in [-0.25, -0.2) is 0 Å². The van der Waals surface area contributed by atoms with Crippen molar-refractivity contribution in [3.63, 3.8) is 0 Å². The molecule has 4 aromatic carbocycles. The standard InChI is InChI=1S/C36H42N2/c1-35(2,3)28-21-27(22-29(23-28)36(4,5)6)31-15-11-14-30(34(31)38-33-17-10-9-16-32(33)37)26-19-18-24-12-7-8-13-25(24)20-26/h9-11,14-23,38H,7-8,12-13,37H2,1-6H3/i7D2,8D2,12D2,13D2. The molecule has 1 aliphatic carbocycles. The minimum atomic E-state index is -3.15. The first kappa shape index (κ1) is 17.9. The maximum Gasteiger partial charge on any atom is 0.0618 e. The summed E-state index contributed by atoms with van der Waals surface area (Å²) in [6.45, 7) is 13.1. The molecule has 2 nitrogen and oxygen atoms in total. The average molecular weight is 511 g/mol. The van der Waals surface area contributed by atoms with Crippen LogP contribution in [0.15, 0.2) is 78.9 Å². The fraction of sp³-hybridized carbons (Fsp3) is 0.333.